The van der Waals surface area contributed by atoms with Gasteiger partial charge in [-0.2, -0.15) is 10.4 Å². The van der Waals surface area contributed by atoms with Crippen molar-refractivity contribution in [3.63, 3.8) is 0 Å². The number of aryl methyl sites for hydroxylation is 1. The minimum Gasteiger partial charge on any atom is -0.354 e. The minimum atomic E-state index is 0.498. The molecule has 3 aromatic rings. The van der Waals surface area contributed by atoms with Crippen LogP contribution in [-0.4, -0.2) is 33.3 Å². The number of piperidine rings is 1. The third-order valence-electron chi connectivity index (χ3n) is 5.66. The molecule has 1 aliphatic rings. The Hall–Kier alpha value is -2.94. The summed E-state index contributed by atoms with van der Waals surface area (Å²) < 4.78 is 0. The zero-order valence-corrected chi connectivity index (χ0v) is 15.9. The fourth-order valence-electron chi connectivity index (χ4n) is 4.22. The van der Waals surface area contributed by atoms with Crippen LogP contribution >= 0.6 is 0 Å². The number of hydrogen-bond donors (Lipinski definition) is 1. The highest BCUT2D eigenvalue weighted by atomic mass is 15.3. The van der Waals surface area contributed by atoms with Crippen LogP contribution in [0.15, 0.2) is 24.5 Å². The second kappa shape index (κ2) is 7.36. The van der Waals surface area contributed by atoms with Gasteiger partial charge in [0.15, 0.2) is 5.82 Å². The van der Waals surface area contributed by atoms with Gasteiger partial charge in [0.25, 0.3) is 0 Å². The lowest BCUT2D eigenvalue weighted by molar-refractivity contribution is 0.503. The number of aromatic amines is 1. The van der Waals surface area contributed by atoms with E-state index >= 15 is 0 Å². The second-order valence-corrected chi connectivity index (χ2v) is 7.05. The van der Waals surface area contributed by atoms with E-state index in [0.717, 1.165) is 61.5 Å². The lowest BCUT2D eigenvalue weighted by Crippen LogP contribution is -2.34. The van der Waals surface area contributed by atoms with Gasteiger partial charge in [0, 0.05) is 30.9 Å². The summed E-state index contributed by atoms with van der Waals surface area (Å²) >= 11 is 0. The van der Waals surface area contributed by atoms with Gasteiger partial charge in [0.05, 0.1) is 5.69 Å². The van der Waals surface area contributed by atoms with Gasteiger partial charge in [-0.05, 0) is 54.9 Å². The first-order chi connectivity index (χ1) is 13.3. The van der Waals surface area contributed by atoms with E-state index in [4.69, 9.17) is 0 Å². The summed E-state index contributed by atoms with van der Waals surface area (Å²) in [6.07, 6.45) is 7.61. The lowest BCUT2D eigenvalue weighted by Gasteiger charge is -2.33. The van der Waals surface area contributed by atoms with Gasteiger partial charge >= 0.3 is 0 Å². The summed E-state index contributed by atoms with van der Waals surface area (Å²) in [5.74, 6) is 1.25. The summed E-state index contributed by atoms with van der Waals surface area (Å²) in [5, 5.41) is 19.8. The van der Waals surface area contributed by atoms with Gasteiger partial charge in [-0.3, -0.25) is 0 Å². The molecule has 0 radical (unpaired) electrons. The van der Waals surface area contributed by atoms with E-state index in [1.54, 1.807) is 0 Å². The van der Waals surface area contributed by atoms with Gasteiger partial charge in [-0.25, -0.2) is 4.98 Å². The van der Waals surface area contributed by atoms with Crippen molar-refractivity contribution in [3.8, 4) is 6.07 Å². The molecular formula is C21H24N6. The van der Waals surface area contributed by atoms with Crippen molar-refractivity contribution < 1.29 is 0 Å². The molecule has 6 heteroatoms. The zero-order valence-electron chi connectivity index (χ0n) is 15.9. The molecule has 1 fully saturated rings. The molecule has 138 valence electrons. The summed E-state index contributed by atoms with van der Waals surface area (Å²) in [6.45, 7) is 5.91. The van der Waals surface area contributed by atoms with Crippen molar-refractivity contribution in [2.24, 2.45) is 0 Å². The predicted octanol–water partition coefficient (Wildman–Crippen LogP) is 3.73. The van der Waals surface area contributed by atoms with E-state index in [2.05, 4.69) is 57.2 Å². The molecule has 3 aromatic heterocycles. The van der Waals surface area contributed by atoms with Crippen molar-refractivity contribution in [1.82, 2.24) is 20.2 Å². The maximum atomic E-state index is 9.75. The highest BCUT2D eigenvalue weighted by molar-refractivity contribution is 5.80. The van der Waals surface area contributed by atoms with Crippen LogP contribution in [-0.2, 0) is 12.8 Å². The Kier molecular flexibility index (Phi) is 4.76. The molecule has 0 unspecified atom stereocenters. The number of nitrogens with one attached hydrogen (secondary N) is 1. The molecule has 0 spiro atoms. The summed E-state index contributed by atoms with van der Waals surface area (Å²) in [4.78, 5) is 9.91. The van der Waals surface area contributed by atoms with Crippen LogP contribution < -0.4 is 4.90 Å². The molecule has 0 aromatic carbocycles. The highest BCUT2D eigenvalue weighted by Gasteiger charge is 2.26. The van der Waals surface area contributed by atoms with Crippen LogP contribution in [0.5, 0.6) is 0 Å². The number of rotatable bonds is 4. The average molecular weight is 360 g/mol. The average Bonchev–Trinajstić information content (AvgIpc) is 3.16. The predicted molar refractivity (Wildman–Crippen MR) is 106 cm³/mol. The molecule has 4 rings (SSSR count). The number of nitrogens with zero attached hydrogens (tertiary/aromatic N) is 5. The van der Waals surface area contributed by atoms with Crippen LogP contribution in [0.2, 0.25) is 0 Å². The number of pyridine rings is 1. The minimum absolute atomic E-state index is 0.498. The molecule has 1 aliphatic heterocycles. The first kappa shape index (κ1) is 17.5. The fourth-order valence-corrected chi connectivity index (χ4v) is 4.22. The Bertz CT molecular complexity index is 992. The first-order valence-electron chi connectivity index (χ1n) is 9.72. The monoisotopic (exact) mass is 360 g/mol. The van der Waals surface area contributed by atoms with Crippen molar-refractivity contribution in [1.29, 1.82) is 5.26 Å². The summed E-state index contributed by atoms with van der Waals surface area (Å²) in [6, 6.07) is 6.52. The number of fused-ring (bicyclic) bond motifs is 1. The molecule has 27 heavy (non-hydrogen) atoms. The maximum Gasteiger partial charge on any atom is 0.169 e. The SMILES string of the molecule is CCc1nnc(N2CCC(c3c[nH]c4ncccc34)CC2)c(C#N)c1CC. The Morgan fingerprint density at radius 3 is 2.74 bits per heavy atom. The Labute approximate surface area is 159 Å². The lowest BCUT2D eigenvalue weighted by atomic mass is 9.89. The Balaban J connectivity index is 1.57. The number of anilines is 1. The van der Waals surface area contributed by atoms with E-state index in [1.807, 2.05) is 12.3 Å². The molecular weight excluding hydrogens is 336 g/mol. The van der Waals surface area contributed by atoms with Crippen molar-refractivity contribution in [2.75, 3.05) is 18.0 Å². The summed E-state index contributed by atoms with van der Waals surface area (Å²) in [7, 11) is 0. The summed E-state index contributed by atoms with van der Waals surface area (Å²) in [5.41, 5.74) is 5.00. The van der Waals surface area contributed by atoms with Crippen molar-refractivity contribution in [2.45, 2.75) is 45.4 Å². The van der Waals surface area contributed by atoms with Crippen molar-refractivity contribution in [3.05, 3.63) is 46.9 Å². The van der Waals surface area contributed by atoms with Gasteiger partial charge in [0.1, 0.15) is 17.3 Å². The van der Waals surface area contributed by atoms with Crippen LogP contribution in [0.25, 0.3) is 11.0 Å². The fraction of sp³-hybridized carbons (Fsp3) is 0.429. The number of H-pyrrole nitrogens is 1. The van der Waals surface area contributed by atoms with E-state index in [1.165, 1.54) is 10.9 Å². The van der Waals surface area contributed by atoms with E-state index < -0.39 is 0 Å². The topological polar surface area (TPSA) is 81.5 Å². The number of hydrogen-bond acceptors (Lipinski definition) is 5. The van der Waals surface area contributed by atoms with E-state index in [0.29, 0.717) is 11.5 Å². The standard InChI is InChI=1S/C21H24N6/c1-3-15-17(12-22)21(26-25-19(15)4-2)27-10-7-14(8-11-27)18-13-24-20-16(18)6-5-9-23-20/h5-6,9,13-14H,3-4,7-8,10-11H2,1-2H3,(H,23,24). The molecule has 1 saturated heterocycles. The second-order valence-electron chi connectivity index (χ2n) is 7.05. The maximum absolute atomic E-state index is 9.75. The number of nitriles is 1. The molecule has 4 heterocycles. The van der Waals surface area contributed by atoms with Crippen LogP contribution in [0.4, 0.5) is 5.82 Å². The molecule has 0 atom stereocenters. The molecule has 0 amide bonds. The van der Waals surface area contributed by atoms with Gasteiger partial charge in [-0.15, -0.1) is 5.10 Å². The van der Waals surface area contributed by atoms with Crippen LogP contribution in [0.1, 0.15) is 55.0 Å². The van der Waals surface area contributed by atoms with Crippen LogP contribution in [0, 0.1) is 11.3 Å². The Morgan fingerprint density at radius 1 is 1.22 bits per heavy atom. The normalized spacial score (nSPS) is 15.2. The Morgan fingerprint density at radius 2 is 2.04 bits per heavy atom. The quantitative estimate of drug-likeness (QED) is 0.766. The van der Waals surface area contributed by atoms with E-state index in [-0.39, 0.29) is 0 Å². The van der Waals surface area contributed by atoms with Gasteiger partial charge in [0.2, 0.25) is 0 Å². The third kappa shape index (κ3) is 3.03. The molecule has 0 saturated carbocycles. The molecule has 6 nitrogen and oxygen atoms in total. The van der Waals surface area contributed by atoms with Gasteiger partial charge < -0.3 is 9.88 Å². The van der Waals surface area contributed by atoms with Crippen molar-refractivity contribution >= 4 is 16.9 Å². The smallest absolute Gasteiger partial charge is 0.169 e. The largest absolute Gasteiger partial charge is 0.354 e. The van der Waals surface area contributed by atoms with E-state index in [9.17, 15) is 5.26 Å². The van der Waals surface area contributed by atoms with Crippen LogP contribution in [0.3, 0.4) is 0 Å². The number of aromatic nitrogens is 4. The molecule has 1 N–H and O–H groups in total. The van der Waals surface area contributed by atoms with Gasteiger partial charge in [-0.1, -0.05) is 13.8 Å². The highest BCUT2D eigenvalue weighted by Crippen LogP contribution is 2.34. The molecule has 0 bridgehead atoms. The third-order valence-corrected chi connectivity index (χ3v) is 5.66. The first-order valence-corrected chi connectivity index (χ1v) is 9.72. The zero-order chi connectivity index (χ0) is 18.8. The molecule has 0 aliphatic carbocycles.